The number of carbonyl (C=O) groups is 1. The Morgan fingerprint density at radius 2 is 2.22 bits per heavy atom. The number of rotatable bonds is 5. The van der Waals surface area contributed by atoms with Gasteiger partial charge < -0.3 is 9.47 Å². The lowest BCUT2D eigenvalue weighted by Gasteiger charge is -2.07. The minimum Gasteiger partial charge on any atom is -0.488 e. The molecule has 0 spiro atoms. The van der Waals surface area contributed by atoms with E-state index in [1.165, 1.54) is 19.2 Å². The zero-order valence-corrected chi connectivity index (χ0v) is 11.8. The first-order chi connectivity index (χ1) is 8.58. The average Bonchev–Trinajstić information content (AvgIpc) is 2.37. The predicted molar refractivity (Wildman–Crippen MR) is 70.0 cm³/mol. The molecular formula is C13H14BrFO3. The van der Waals surface area contributed by atoms with Crippen molar-refractivity contribution < 1.29 is 18.7 Å². The first kappa shape index (κ1) is 14.7. The van der Waals surface area contributed by atoms with Gasteiger partial charge in [0.05, 0.1) is 11.6 Å². The van der Waals surface area contributed by atoms with E-state index in [1.807, 2.05) is 6.92 Å². The Bertz CT molecular complexity index is 458. The van der Waals surface area contributed by atoms with E-state index in [0.29, 0.717) is 22.2 Å². The van der Waals surface area contributed by atoms with Crippen molar-refractivity contribution in [1.82, 2.24) is 0 Å². The normalized spacial score (nSPS) is 11.2. The molecule has 0 aliphatic carbocycles. The molecule has 0 amide bonds. The maximum atomic E-state index is 13.0. The second-order valence-electron chi connectivity index (χ2n) is 3.46. The van der Waals surface area contributed by atoms with Gasteiger partial charge in [-0.05, 0) is 40.6 Å². The lowest BCUT2D eigenvalue weighted by molar-refractivity contribution is -0.136. The van der Waals surface area contributed by atoms with Crippen LogP contribution in [0.15, 0.2) is 34.3 Å². The molecule has 0 atom stereocenters. The highest BCUT2D eigenvalue weighted by atomic mass is 79.9. The molecule has 1 rings (SSSR count). The number of benzene rings is 1. The molecule has 0 saturated carbocycles. The van der Waals surface area contributed by atoms with Crippen LogP contribution in [0.2, 0.25) is 0 Å². The summed E-state index contributed by atoms with van der Waals surface area (Å²) in [7, 11) is 1.33. The first-order valence-corrected chi connectivity index (χ1v) is 6.23. The maximum Gasteiger partial charge on any atom is 0.333 e. The van der Waals surface area contributed by atoms with Crippen molar-refractivity contribution in [1.29, 1.82) is 0 Å². The average molecular weight is 317 g/mol. The predicted octanol–water partition coefficient (Wildman–Crippen LogP) is 3.48. The summed E-state index contributed by atoms with van der Waals surface area (Å²) < 4.78 is 23.6. The van der Waals surface area contributed by atoms with Gasteiger partial charge in [-0.25, -0.2) is 9.18 Å². The Hall–Kier alpha value is -1.36. The molecule has 0 fully saturated rings. The highest BCUT2D eigenvalue weighted by Gasteiger charge is 2.07. The number of esters is 1. The summed E-state index contributed by atoms with van der Waals surface area (Å²) in [4.78, 5) is 11.3. The van der Waals surface area contributed by atoms with Crippen LogP contribution in [0.1, 0.15) is 13.3 Å². The molecule has 5 heteroatoms. The van der Waals surface area contributed by atoms with Crippen molar-refractivity contribution >= 4 is 21.9 Å². The van der Waals surface area contributed by atoms with E-state index in [9.17, 15) is 9.18 Å². The van der Waals surface area contributed by atoms with Crippen molar-refractivity contribution in [3.8, 4) is 5.75 Å². The molecule has 0 saturated heterocycles. The van der Waals surface area contributed by atoms with E-state index in [-0.39, 0.29) is 18.4 Å². The molecule has 1 aromatic carbocycles. The van der Waals surface area contributed by atoms with Crippen molar-refractivity contribution in [3.63, 3.8) is 0 Å². The van der Waals surface area contributed by atoms with Gasteiger partial charge in [-0.15, -0.1) is 0 Å². The summed E-state index contributed by atoms with van der Waals surface area (Å²) in [5.41, 5.74) is 0.532. The van der Waals surface area contributed by atoms with Gasteiger partial charge in [0.1, 0.15) is 18.2 Å². The van der Waals surface area contributed by atoms with E-state index < -0.39 is 0 Å². The van der Waals surface area contributed by atoms with Gasteiger partial charge in [-0.1, -0.05) is 6.92 Å². The Labute approximate surface area is 114 Å². The van der Waals surface area contributed by atoms with Crippen LogP contribution in [-0.4, -0.2) is 19.7 Å². The van der Waals surface area contributed by atoms with Crippen molar-refractivity contribution in [2.45, 2.75) is 13.3 Å². The van der Waals surface area contributed by atoms with Gasteiger partial charge in [-0.2, -0.15) is 0 Å². The van der Waals surface area contributed by atoms with Gasteiger partial charge in [-0.3, -0.25) is 0 Å². The molecule has 3 nitrogen and oxygen atoms in total. The van der Waals surface area contributed by atoms with Crippen LogP contribution in [0.5, 0.6) is 5.75 Å². The van der Waals surface area contributed by atoms with E-state index >= 15 is 0 Å². The Morgan fingerprint density at radius 1 is 1.50 bits per heavy atom. The quantitative estimate of drug-likeness (QED) is 0.616. The molecule has 0 aliphatic heterocycles. The fraction of sp³-hybridized carbons (Fsp3) is 0.308. The summed E-state index contributed by atoms with van der Waals surface area (Å²) in [5, 5.41) is 0. The van der Waals surface area contributed by atoms with Gasteiger partial charge in [0.2, 0.25) is 0 Å². The zero-order chi connectivity index (χ0) is 13.5. The second kappa shape index (κ2) is 7.16. The van der Waals surface area contributed by atoms with Gasteiger partial charge in [0, 0.05) is 11.6 Å². The number of methoxy groups -OCH3 is 1. The number of ether oxygens (including phenoxy) is 2. The Balaban J connectivity index is 2.67. The third-order valence-corrected chi connectivity index (χ3v) is 2.95. The maximum absolute atomic E-state index is 13.0. The largest absolute Gasteiger partial charge is 0.488 e. The molecule has 0 aliphatic rings. The summed E-state index contributed by atoms with van der Waals surface area (Å²) in [6.45, 7) is 2.03. The van der Waals surface area contributed by atoms with Crippen LogP contribution in [-0.2, 0) is 9.53 Å². The number of hydrogen-bond donors (Lipinski definition) is 0. The third kappa shape index (κ3) is 4.14. The molecule has 0 unspecified atom stereocenters. The SMILES string of the molecule is CC/C(=C/COc1cc(F)ccc1Br)C(=O)OC. The van der Waals surface area contributed by atoms with E-state index in [1.54, 1.807) is 12.1 Å². The summed E-state index contributed by atoms with van der Waals surface area (Å²) in [6, 6.07) is 4.18. The molecular weight excluding hydrogens is 303 g/mol. The van der Waals surface area contributed by atoms with Gasteiger partial charge in [0.15, 0.2) is 0 Å². The van der Waals surface area contributed by atoms with E-state index in [4.69, 9.17) is 4.74 Å². The minimum atomic E-state index is -0.376. The van der Waals surface area contributed by atoms with Crippen LogP contribution in [0.3, 0.4) is 0 Å². The standard InChI is InChI=1S/C13H14BrFO3/c1-3-9(13(16)17-2)6-7-18-12-8-10(15)4-5-11(12)14/h4-6,8H,3,7H2,1-2H3/b9-6-. The summed E-state index contributed by atoms with van der Waals surface area (Å²) >= 11 is 3.25. The molecule has 0 aromatic heterocycles. The van der Waals surface area contributed by atoms with Gasteiger partial charge >= 0.3 is 5.97 Å². The zero-order valence-electron chi connectivity index (χ0n) is 10.2. The number of hydrogen-bond acceptors (Lipinski definition) is 3. The number of carbonyl (C=O) groups excluding carboxylic acids is 1. The summed E-state index contributed by atoms with van der Waals surface area (Å²) in [5.74, 6) is -0.355. The topological polar surface area (TPSA) is 35.5 Å². The van der Waals surface area contributed by atoms with Crippen LogP contribution in [0, 0.1) is 5.82 Å². The Morgan fingerprint density at radius 3 is 2.83 bits per heavy atom. The minimum absolute atomic E-state index is 0.181. The summed E-state index contributed by atoms with van der Waals surface area (Å²) in [6.07, 6.45) is 2.18. The Kier molecular flexibility index (Phi) is 5.85. The fourth-order valence-electron chi connectivity index (χ4n) is 1.32. The lowest BCUT2D eigenvalue weighted by atomic mass is 10.2. The highest BCUT2D eigenvalue weighted by molar-refractivity contribution is 9.10. The molecule has 1 aromatic rings. The van der Waals surface area contributed by atoms with Crippen molar-refractivity contribution in [3.05, 3.63) is 40.1 Å². The smallest absolute Gasteiger partial charge is 0.333 e. The first-order valence-electron chi connectivity index (χ1n) is 5.43. The molecule has 0 radical (unpaired) electrons. The molecule has 0 bridgehead atoms. The van der Waals surface area contributed by atoms with Crippen molar-refractivity contribution in [2.75, 3.05) is 13.7 Å². The second-order valence-corrected chi connectivity index (χ2v) is 4.31. The molecule has 18 heavy (non-hydrogen) atoms. The van der Waals surface area contributed by atoms with Gasteiger partial charge in [0.25, 0.3) is 0 Å². The van der Waals surface area contributed by atoms with Crippen LogP contribution in [0.4, 0.5) is 4.39 Å². The monoisotopic (exact) mass is 316 g/mol. The molecule has 0 heterocycles. The van der Waals surface area contributed by atoms with Crippen LogP contribution < -0.4 is 4.74 Å². The fourth-order valence-corrected chi connectivity index (χ4v) is 1.68. The van der Waals surface area contributed by atoms with Crippen LogP contribution in [0.25, 0.3) is 0 Å². The molecule has 0 N–H and O–H groups in total. The van der Waals surface area contributed by atoms with Crippen molar-refractivity contribution in [2.24, 2.45) is 0 Å². The molecule has 98 valence electrons. The highest BCUT2D eigenvalue weighted by Crippen LogP contribution is 2.25. The van der Waals surface area contributed by atoms with Crippen LogP contribution >= 0.6 is 15.9 Å². The number of halogens is 2. The van der Waals surface area contributed by atoms with E-state index in [0.717, 1.165) is 0 Å². The van der Waals surface area contributed by atoms with E-state index in [2.05, 4.69) is 20.7 Å². The lowest BCUT2D eigenvalue weighted by Crippen LogP contribution is -2.06. The third-order valence-electron chi connectivity index (χ3n) is 2.29.